The summed E-state index contributed by atoms with van der Waals surface area (Å²) < 4.78 is 0. The van der Waals surface area contributed by atoms with Gasteiger partial charge in [-0.1, -0.05) is 19.4 Å². The van der Waals surface area contributed by atoms with Crippen molar-refractivity contribution in [1.29, 1.82) is 0 Å². The molecule has 0 aromatic heterocycles. The summed E-state index contributed by atoms with van der Waals surface area (Å²) in [4.78, 5) is 11.7. The Morgan fingerprint density at radius 1 is 1.35 bits per heavy atom. The average Bonchev–Trinajstić information content (AvgIpc) is 2.23. The Morgan fingerprint density at radius 3 is 2.65 bits per heavy atom. The van der Waals surface area contributed by atoms with E-state index < -0.39 is 0 Å². The third kappa shape index (κ3) is 4.57. The molecule has 0 aliphatic carbocycles. The maximum Gasteiger partial charge on any atom is 0.225 e. The number of benzene rings is 1. The second-order valence-electron chi connectivity index (χ2n) is 4.60. The smallest absolute Gasteiger partial charge is 0.225 e. The van der Waals surface area contributed by atoms with Crippen LogP contribution >= 0.6 is 0 Å². The molecule has 1 aromatic rings. The molecule has 0 aliphatic heterocycles. The third-order valence-electron chi connectivity index (χ3n) is 2.90. The number of amides is 1. The van der Waals surface area contributed by atoms with E-state index in [1.54, 1.807) is 0 Å². The summed E-state index contributed by atoms with van der Waals surface area (Å²) in [6.45, 7) is 6.16. The van der Waals surface area contributed by atoms with Crippen molar-refractivity contribution in [3.8, 4) is 0 Å². The molecule has 1 atom stereocenters. The first-order valence-corrected chi connectivity index (χ1v) is 6.15. The third-order valence-corrected chi connectivity index (χ3v) is 2.90. The van der Waals surface area contributed by atoms with Crippen molar-refractivity contribution in [2.24, 2.45) is 5.73 Å². The second kappa shape index (κ2) is 6.40. The van der Waals surface area contributed by atoms with Gasteiger partial charge >= 0.3 is 0 Å². The fraction of sp³-hybridized carbons (Fsp3) is 0.500. The van der Waals surface area contributed by atoms with Crippen molar-refractivity contribution >= 4 is 11.6 Å². The highest BCUT2D eigenvalue weighted by Crippen LogP contribution is 2.14. The van der Waals surface area contributed by atoms with Gasteiger partial charge in [-0.05, 0) is 43.5 Å². The molecule has 3 nitrogen and oxygen atoms in total. The van der Waals surface area contributed by atoms with Crippen LogP contribution in [0.15, 0.2) is 18.2 Å². The number of hydrogen-bond donors (Lipinski definition) is 2. The second-order valence-corrected chi connectivity index (χ2v) is 4.60. The number of carbonyl (C=O) groups is 1. The highest BCUT2D eigenvalue weighted by Gasteiger charge is 2.09. The van der Waals surface area contributed by atoms with Gasteiger partial charge in [-0.3, -0.25) is 4.79 Å². The number of hydrogen-bond acceptors (Lipinski definition) is 2. The van der Waals surface area contributed by atoms with E-state index in [0.29, 0.717) is 6.42 Å². The largest absolute Gasteiger partial charge is 0.327 e. The molecule has 0 bridgehead atoms. The molecule has 1 aromatic carbocycles. The zero-order valence-corrected chi connectivity index (χ0v) is 10.9. The van der Waals surface area contributed by atoms with Crippen LogP contribution in [0.1, 0.15) is 37.3 Å². The molecule has 0 spiro atoms. The highest BCUT2D eigenvalue weighted by molar-refractivity contribution is 5.91. The minimum absolute atomic E-state index is 0.00537. The van der Waals surface area contributed by atoms with Gasteiger partial charge in [0.05, 0.1) is 0 Å². The van der Waals surface area contributed by atoms with Crippen molar-refractivity contribution in [2.75, 3.05) is 5.32 Å². The summed E-state index contributed by atoms with van der Waals surface area (Å²) >= 11 is 0. The van der Waals surface area contributed by atoms with Gasteiger partial charge in [0.2, 0.25) is 5.91 Å². The van der Waals surface area contributed by atoms with Crippen LogP contribution in [0.5, 0.6) is 0 Å². The summed E-state index contributed by atoms with van der Waals surface area (Å²) in [5.41, 5.74) is 9.09. The Labute approximate surface area is 103 Å². The van der Waals surface area contributed by atoms with Crippen molar-refractivity contribution < 1.29 is 4.79 Å². The molecule has 3 heteroatoms. The Morgan fingerprint density at radius 2 is 2.06 bits per heavy atom. The standard InChI is InChI=1S/C14H22N2O/c1-4-5-12(15)9-14(17)16-13-7-6-10(2)11(3)8-13/h6-8,12H,4-5,9,15H2,1-3H3,(H,16,17). The van der Waals surface area contributed by atoms with Crippen LogP contribution in [0.4, 0.5) is 5.69 Å². The number of nitrogens with two attached hydrogens (primary N) is 1. The summed E-state index contributed by atoms with van der Waals surface area (Å²) in [6, 6.07) is 5.88. The monoisotopic (exact) mass is 234 g/mol. The summed E-state index contributed by atoms with van der Waals surface area (Å²) in [6.07, 6.45) is 2.29. The van der Waals surface area contributed by atoms with E-state index in [4.69, 9.17) is 5.73 Å². The Balaban J connectivity index is 2.53. The Kier molecular flexibility index (Phi) is 5.16. The average molecular weight is 234 g/mol. The van der Waals surface area contributed by atoms with Gasteiger partial charge in [0.25, 0.3) is 0 Å². The van der Waals surface area contributed by atoms with Crippen LogP contribution in [0.25, 0.3) is 0 Å². The quantitative estimate of drug-likeness (QED) is 0.823. The number of nitrogens with one attached hydrogen (secondary N) is 1. The first-order chi connectivity index (χ1) is 8.02. The van der Waals surface area contributed by atoms with Gasteiger partial charge in [0.1, 0.15) is 0 Å². The van der Waals surface area contributed by atoms with E-state index in [9.17, 15) is 4.79 Å². The number of carbonyl (C=O) groups excluding carboxylic acids is 1. The molecule has 0 heterocycles. The van der Waals surface area contributed by atoms with E-state index in [-0.39, 0.29) is 11.9 Å². The fourth-order valence-electron chi connectivity index (χ4n) is 1.74. The highest BCUT2D eigenvalue weighted by atomic mass is 16.1. The Hall–Kier alpha value is -1.35. The van der Waals surface area contributed by atoms with Crippen molar-refractivity contribution in [2.45, 2.75) is 46.1 Å². The molecule has 1 rings (SSSR count). The SMILES string of the molecule is CCCC(N)CC(=O)Nc1ccc(C)c(C)c1. The lowest BCUT2D eigenvalue weighted by Gasteiger charge is -2.11. The maximum absolute atomic E-state index is 11.7. The zero-order chi connectivity index (χ0) is 12.8. The van der Waals surface area contributed by atoms with E-state index in [2.05, 4.69) is 19.2 Å². The normalized spacial score (nSPS) is 12.2. The molecule has 0 radical (unpaired) electrons. The minimum atomic E-state index is -0.0356. The van der Waals surface area contributed by atoms with Gasteiger partial charge in [-0.25, -0.2) is 0 Å². The number of rotatable bonds is 5. The van der Waals surface area contributed by atoms with Gasteiger partial charge < -0.3 is 11.1 Å². The van der Waals surface area contributed by atoms with Crippen molar-refractivity contribution in [3.05, 3.63) is 29.3 Å². The van der Waals surface area contributed by atoms with Crippen LogP contribution < -0.4 is 11.1 Å². The van der Waals surface area contributed by atoms with E-state index >= 15 is 0 Å². The van der Waals surface area contributed by atoms with Crippen LogP contribution in [0.3, 0.4) is 0 Å². The van der Waals surface area contributed by atoms with Crippen molar-refractivity contribution in [3.63, 3.8) is 0 Å². The van der Waals surface area contributed by atoms with E-state index in [1.165, 1.54) is 11.1 Å². The van der Waals surface area contributed by atoms with Gasteiger partial charge in [0.15, 0.2) is 0 Å². The van der Waals surface area contributed by atoms with Crippen molar-refractivity contribution in [1.82, 2.24) is 0 Å². The van der Waals surface area contributed by atoms with Crippen LogP contribution in [0.2, 0.25) is 0 Å². The van der Waals surface area contributed by atoms with Crippen LogP contribution in [0, 0.1) is 13.8 Å². The van der Waals surface area contributed by atoms with Gasteiger partial charge in [-0.15, -0.1) is 0 Å². The molecule has 1 unspecified atom stereocenters. The maximum atomic E-state index is 11.7. The fourth-order valence-corrected chi connectivity index (χ4v) is 1.74. The molecular formula is C14H22N2O. The molecule has 1 amide bonds. The number of anilines is 1. The molecular weight excluding hydrogens is 212 g/mol. The Bertz CT molecular complexity index is 388. The number of aryl methyl sites for hydroxylation is 2. The lowest BCUT2D eigenvalue weighted by Crippen LogP contribution is -2.26. The lowest BCUT2D eigenvalue weighted by molar-refractivity contribution is -0.116. The molecule has 94 valence electrons. The summed E-state index contributed by atoms with van der Waals surface area (Å²) in [7, 11) is 0. The van der Waals surface area contributed by atoms with Crippen LogP contribution in [-0.4, -0.2) is 11.9 Å². The lowest BCUT2D eigenvalue weighted by atomic mass is 10.1. The molecule has 0 saturated heterocycles. The van der Waals surface area contributed by atoms with E-state index in [0.717, 1.165) is 18.5 Å². The topological polar surface area (TPSA) is 55.1 Å². The first-order valence-electron chi connectivity index (χ1n) is 6.15. The molecule has 0 aliphatic rings. The first kappa shape index (κ1) is 13.7. The molecule has 3 N–H and O–H groups in total. The summed E-state index contributed by atoms with van der Waals surface area (Å²) in [5.74, 6) is -0.00537. The minimum Gasteiger partial charge on any atom is -0.327 e. The zero-order valence-electron chi connectivity index (χ0n) is 10.9. The van der Waals surface area contributed by atoms with E-state index in [1.807, 2.05) is 25.1 Å². The molecule has 17 heavy (non-hydrogen) atoms. The molecule has 0 fully saturated rings. The molecule has 0 saturated carbocycles. The predicted octanol–water partition coefficient (Wildman–Crippen LogP) is 2.76. The van der Waals surface area contributed by atoms with Gasteiger partial charge in [0, 0.05) is 18.2 Å². The van der Waals surface area contributed by atoms with Crippen LogP contribution in [-0.2, 0) is 4.79 Å². The predicted molar refractivity (Wildman–Crippen MR) is 72.0 cm³/mol. The van der Waals surface area contributed by atoms with Gasteiger partial charge in [-0.2, -0.15) is 0 Å². The summed E-state index contributed by atoms with van der Waals surface area (Å²) in [5, 5.41) is 2.88.